The van der Waals surface area contributed by atoms with Gasteiger partial charge < -0.3 is 82.5 Å². The van der Waals surface area contributed by atoms with Crippen LogP contribution in [0, 0.1) is 0 Å². The maximum Gasteiger partial charge on any atom is 0.328 e. The van der Waals surface area contributed by atoms with Gasteiger partial charge >= 0.3 is 11.9 Å². The second kappa shape index (κ2) is 23.6. The minimum atomic E-state index is -1.37. The first kappa shape index (κ1) is 47.5. The lowest BCUT2D eigenvalue weighted by Gasteiger charge is -2.46. The Morgan fingerprint density at radius 2 is 1.39 bits per heavy atom. The molecule has 0 radical (unpaired) electrons. The minimum absolute atomic E-state index is 0.0990. The smallest absolute Gasteiger partial charge is 0.328 e. The highest BCUT2D eigenvalue weighted by Gasteiger charge is 2.48. The maximum absolute atomic E-state index is 13.3. The van der Waals surface area contributed by atoms with Crippen molar-refractivity contribution < 1.29 is 58.2 Å². The Bertz CT molecular complexity index is 1500. The number of nitrogens with one attached hydrogen (secondary N) is 4. The van der Waals surface area contributed by atoms with E-state index in [2.05, 4.69) is 30.6 Å². The molecule has 2 aromatic heterocycles. The molecule has 59 heavy (non-hydrogen) atoms. The van der Waals surface area contributed by atoms with Gasteiger partial charge in [0.2, 0.25) is 11.8 Å². The first-order valence-corrected chi connectivity index (χ1v) is 19.6. The molecule has 4 rings (SSSR count). The van der Waals surface area contributed by atoms with Gasteiger partial charge in [-0.2, -0.15) is 0 Å². The summed E-state index contributed by atoms with van der Waals surface area (Å²) in [4.78, 5) is 66.9. The van der Waals surface area contributed by atoms with Crippen molar-refractivity contribution in [1.29, 1.82) is 0 Å². The predicted molar refractivity (Wildman–Crippen MR) is 206 cm³/mol. The van der Waals surface area contributed by atoms with E-state index in [9.17, 15) is 34.5 Å². The number of hydrogen-bond donors (Lipinski definition) is 11. The number of hydrogen-bond acceptors (Lipinski definition) is 19. The van der Waals surface area contributed by atoms with Gasteiger partial charge in [-0.15, -0.1) is 0 Å². The number of carbonyl (C=O) groups is 4. The average Bonchev–Trinajstić information content (AvgIpc) is 3.94. The number of ether oxygens (including phenoxy) is 5. The average molecular weight is 840 g/mol. The maximum atomic E-state index is 13.3. The predicted octanol–water partition coefficient (Wildman–Crippen LogP) is -4.98. The number of aromatic nitrogens is 4. The molecule has 2 fully saturated rings. The van der Waals surface area contributed by atoms with E-state index in [1.807, 2.05) is 0 Å². The van der Waals surface area contributed by atoms with Crippen molar-refractivity contribution in [3.63, 3.8) is 0 Å². The van der Waals surface area contributed by atoms with Crippen LogP contribution in [-0.2, 0) is 55.7 Å². The fourth-order valence-corrected chi connectivity index (χ4v) is 7.08. The largest absolute Gasteiger partial charge is 0.467 e. The molecule has 2 unspecified atom stereocenters. The molecule has 1 aliphatic carbocycles. The van der Waals surface area contributed by atoms with Crippen LogP contribution in [0.3, 0.4) is 0 Å². The standard InChI is InChI=1S/C36H61N11O12/c1-55-34(53)23(9-19-13-41-17-43-19)45-26(48)15-47(16-27(49)46-24(35(54)56-2)10-20-14-42-18-44-20)7-5-3-4-6-8-57-33-29(50)21(38)11-22(39)32(33)59-36-28(40)31(52)30(51)25(12-37)58-36/h13-14,17-18,21-25,28-33,36,50-52H,3-12,15-16,37-40H2,1-2H3,(H,41,43)(H,42,44)(H,45,48)(H,46,49)/t21-,22+,23?,24?,25-,28-,29+,30-,31-,32-,33-,36-/m1/s1. The number of amides is 2. The molecule has 1 saturated heterocycles. The highest BCUT2D eigenvalue weighted by molar-refractivity contribution is 5.87. The van der Waals surface area contributed by atoms with E-state index in [1.54, 1.807) is 4.90 Å². The summed E-state index contributed by atoms with van der Waals surface area (Å²) in [7, 11) is 2.42. The molecule has 0 aromatic carbocycles. The van der Waals surface area contributed by atoms with Gasteiger partial charge in [0.25, 0.3) is 0 Å². The number of nitrogens with zero attached hydrogens (tertiary/aromatic N) is 3. The molecule has 23 nitrogen and oxygen atoms in total. The molecular weight excluding hydrogens is 778 g/mol. The third-order valence-electron chi connectivity index (χ3n) is 10.4. The van der Waals surface area contributed by atoms with E-state index >= 15 is 0 Å². The Hall–Kier alpha value is -4.14. The number of H-pyrrole nitrogens is 2. The van der Waals surface area contributed by atoms with E-state index in [0.717, 1.165) is 0 Å². The fourth-order valence-electron chi connectivity index (χ4n) is 7.08. The third kappa shape index (κ3) is 14.0. The van der Waals surface area contributed by atoms with Gasteiger partial charge in [0.05, 0.1) is 52.1 Å². The van der Waals surface area contributed by atoms with Crippen LogP contribution < -0.4 is 33.6 Å². The Morgan fingerprint density at radius 3 is 1.90 bits per heavy atom. The zero-order valence-electron chi connectivity index (χ0n) is 33.4. The summed E-state index contributed by atoms with van der Waals surface area (Å²) in [5.41, 5.74) is 25.6. The SMILES string of the molecule is COC(=O)C(Cc1cnc[nH]1)NC(=O)CN(CCCCCCO[C@@H]1[C@@H](O)[C@H](N)C[C@H](N)[C@H]1O[C@H]1O[C@H](CN)[C@@H](O)[C@H](O)[C@H]1N)CC(=O)NC(Cc1cnc[nH]1)C(=O)OC. The minimum Gasteiger partial charge on any atom is -0.467 e. The second-order valence-electron chi connectivity index (χ2n) is 14.8. The molecule has 23 heteroatoms. The number of imidazole rings is 2. The summed E-state index contributed by atoms with van der Waals surface area (Å²) < 4.78 is 27.7. The molecule has 2 amide bonds. The number of unbranched alkanes of at least 4 members (excludes halogenated alkanes) is 3. The van der Waals surface area contributed by atoms with Crippen molar-refractivity contribution in [3.8, 4) is 0 Å². The first-order chi connectivity index (χ1) is 28.3. The number of carbonyl (C=O) groups excluding carboxylic acids is 4. The molecule has 2 aromatic rings. The van der Waals surface area contributed by atoms with Crippen LogP contribution in [0.4, 0.5) is 0 Å². The van der Waals surface area contributed by atoms with E-state index in [-0.39, 0.29) is 45.5 Å². The fraction of sp³-hybridized carbons (Fsp3) is 0.722. The summed E-state index contributed by atoms with van der Waals surface area (Å²) in [6.45, 7) is -0.126. The monoisotopic (exact) mass is 839 g/mol. The Balaban J connectivity index is 1.33. The Kier molecular flexibility index (Phi) is 19.0. The molecule has 1 aliphatic heterocycles. The summed E-state index contributed by atoms with van der Waals surface area (Å²) in [6.07, 6.45) is 0.936. The van der Waals surface area contributed by atoms with Gasteiger partial charge in [-0.3, -0.25) is 14.5 Å². The van der Waals surface area contributed by atoms with E-state index in [4.69, 9.17) is 46.6 Å². The Labute approximate surface area is 341 Å². The van der Waals surface area contributed by atoms with Crippen molar-refractivity contribution in [2.45, 2.75) is 118 Å². The topological polar surface area (TPSA) is 364 Å². The molecule has 15 N–H and O–H groups in total. The lowest BCUT2D eigenvalue weighted by Crippen LogP contribution is -2.67. The van der Waals surface area contributed by atoms with Gasteiger partial charge in [0, 0.05) is 61.9 Å². The van der Waals surface area contributed by atoms with Crippen molar-refractivity contribution in [2.75, 3.05) is 47.0 Å². The third-order valence-corrected chi connectivity index (χ3v) is 10.4. The number of aliphatic hydroxyl groups excluding tert-OH is 3. The Morgan fingerprint density at radius 1 is 0.831 bits per heavy atom. The molecule has 332 valence electrons. The number of nitrogens with two attached hydrogens (primary N) is 4. The number of esters is 2. The highest BCUT2D eigenvalue weighted by atomic mass is 16.7. The van der Waals surface area contributed by atoms with E-state index in [0.29, 0.717) is 43.6 Å². The summed E-state index contributed by atoms with van der Waals surface area (Å²) in [5.74, 6) is -2.39. The first-order valence-electron chi connectivity index (χ1n) is 19.6. The highest BCUT2D eigenvalue weighted by Crippen LogP contribution is 2.29. The zero-order chi connectivity index (χ0) is 43.1. The second-order valence-corrected chi connectivity index (χ2v) is 14.8. The molecule has 12 atom stereocenters. The normalized spacial score (nSPS) is 28.1. The van der Waals surface area contributed by atoms with Crippen molar-refractivity contribution in [1.82, 2.24) is 35.5 Å². The van der Waals surface area contributed by atoms with Gasteiger partial charge in [-0.1, -0.05) is 12.8 Å². The van der Waals surface area contributed by atoms with Crippen LogP contribution in [0.2, 0.25) is 0 Å². The van der Waals surface area contributed by atoms with Gasteiger partial charge in [-0.05, 0) is 25.8 Å². The van der Waals surface area contributed by atoms with Crippen LogP contribution >= 0.6 is 0 Å². The number of aliphatic hydroxyl groups is 3. The lowest BCUT2D eigenvalue weighted by atomic mass is 9.84. The van der Waals surface area contributed by atoms with Crippen LogP contribution in [0.5, 0.6) is 0 Å². The van der Waals surface area contributed by atoms with Crippen molar-refractivity contribution in [3.05, 3.63) is 36.4 Å². The number of methoxy groups -OCH3 is 2. The van der Waals surface area contributed by atoms with E-state index < -0.39 is 96.9 Å². The lowest BCUT2D eigenvalue weighted by molar-refractivity contribution is -0.291. The molecule has 3 heterocycles. The van der Waals surface area contributed by atoms with Crippen molar-refractivity contribution >= 4 is 23.8 Å². The number of aromatic amines is 2. The zero-order valence-corrected chi connectivity index (χ0v) is 33.4. The van der Waals surface area contributed by atoms with Crippen LogP contribution in [0.1, 0.15) is 43.5 Å². The summed E-state index contributed by atoms with van der Waals surface area (Å²) >= 11 is 0. The van der Waals surface area contributed by atoms with Gasteiger partial charge in [0.1, 0.15) is 42.6 Å². The molecule has 2 aliphatic rings. The van der Waals surface area contributed by atoms with Crippen molar-refractivity contribution in [2.24, 2.45) is 22.9 Å². The molecule has 0 bridgehead atoms. The quantitative estimate of drug-likeness (QED) is 0.0369. The van der Waals surface area contributed by atoms with Gasteiger partial charge in [-0.25, -0.2) is 19.6 Å². The summed E-state index contributed by atoms with van der Waals surface area (Å²) in [5, 5.41) is 37.0. The van der Waals surface area contributed by atoms with Crippen LogP contribution in [0.15, 0.2) is 25.0 Å². The van der Waals surface area contributed by atoms with Gasteiger partial charge in [0.15, 0.2) is 6.29 Å². The summed E-state index contributed by atoms with van der Waals surface area (Å²) in [6, 6.07) is -4.53. The molecule has 1 saturated carbocycles. The molecular formula is C36H61N11O12. The molecule has 0 spiro atoms. The number of rotatable bonds is 23. The van der Waals surface area contributed by atoms with Crippen LogP contribution in [-0.4, -0.2) is 184 Å². The van der Waals surface area contributed by atoms with E-state index in [1.165, 1.54) is 39.3 Å². The van der Waals surface area contributed by atoms with Crippen LogP contribution in [0.25, 0.3) is 0 Å².